The number of alkyl carbamates (subject to hydrolysis) is 1. The zero-order chi connectivity index (χ0) is 19.2. The van der Waals surface area contributed by atoms with Gasteiger partial charge in [-0.2, -0.15) is 0 Å². The van der Waals surface area contributed by atoms with E-state index in [1.54, 1.807) is 20.8 Å². The van der Waals surface area contributed by atoms with Crippen molar-refractivity contribution in [3.63, 3.8) is 0 Å². The molecule has 0 aromatic heterocycles. The summed E-state index contributed by atoms with van der Waals surface area (Å²) in [5.41, 5.74) is 0.391. The fourth-order valence-electron chi connectivity index (χ4n) is 3.37. The highest BCUT2D eigenvalue weighted by Crippen LogP contribution is 2.40. The minimum atomic E-state index is -0.559. The molecule has 0 bridgehead atoms. The highest BCUT2D eigenvalue weighted by molar-refractivity contribution is 5.77. The molecule has 0 atom stereocenters. The van der Waals surface area contributed by atoms with E-state index < -0.39 is 11.7 Å². The fraction of sp³-hybridized carbons (Fsp3) is 0.600. The van der Waals surface area contributed by atoms with Crippen LogP contribution in [0, 0.1) is 5.82 Å². The lowest BCUT2D eigenvalue weighted by Crippen LogP contribution is -2.40. The quantitative estimate of drug-likeness (QED) is 0.809. The first-order valence-electron chi connectivity index (χ1n) is 9.20. The first-order chi connectivity index (χ1) is 12.2. The summed E-state index contributed by atoms with van der Waals surface area (Å²) in [6.07, 6.45) is 3.84. The van der Waals surface area contributed by atoms with Gasteiger partial charge >= 0.3 is 6.09 Å². The summed E-state index contributed by atoms with van der Waals surface area (Å²) in [4.78, 5) is 23.7. The van der Waals surface area contributed by atoms with Gasteiger partial charge in [-0.1, -0.05) is 25.0 Å². The fourth-order valence-corrected chi connectivity index (χ4v) is 3.37. The van der Waals surface area contributed by atoms with Gasteiger partial charge in [-0.05, 0) is 51.3 Å². The summed E-state index contributed by atoms with van der Waals surface area (Å²) >= 11 is 0. The van der Waals surface area contributed by atoms with Gasteiger partial charge in [0, 0.05) is 24.9 Å². The highest BCUT2D eigenvalue weighted by Gasteiger charge is 2.35. The van der Waals surface area contributed by atoms with E-state index in [0.717, 1.165) is 31.2 Å². The number of benzene rings is 1. The van der Waals surface area contributed by atoms with Crippen LogP contribution in [0.15, 0.2) is 24.3 Å². The summed E-state index contributed by atoms with van der Waals surface area (Å²) < 4.78 is 18.3. The van der Waals surface area contributed by atoms with Crippen molar-refractivity contribution in [3.05, 3.63) is 35.6 Å². The predicted octanol–water partition coefficient (Wildman–Crippen LogP) is 3.67. The molecular weight excluding hydrogens is 335 g/mol. The maximum absolute atomic E-state index is 13.2. The molecule has 0 unspecified atom stereocenters. The molecule has 2 rings (SSSR count). The minimum absolute atomic E-state index is 0.116. The van der Waals surface area contributed by atoms with Crippen LogP contribution in [0.1, 0.15) is 58.4 Å². The van der Waals surface area contributed by atoms with E-state index >= 15 is 0 Å². The molecule has 1 aromatic rings. The molecule has 0 heterocycles. The van der Waals surface area contributed by atoms with Crippen LogP contribution in [0.25, 0.3) is 0 Å². The molecular formula is C20H29FN2O3. The topological polar surface area (TPSA) is 67.4 Å². The van der Waals surface area contributed by atoms with E-state index in [9.17, 15) is 14.0 Å². The summed E-state index contributed by atoms with van der Waals surface area (Å²) in [6, 6.07) is 6.58. The van der Waals surface area contributed by atoms with E-state index in [-0.39, 0.29) is 30.1 Å². The van der Waals surface area contributed by atoms with Crippen molar-refractivity contribution in [3.8, 4) is 0 Å². The van der Waals surface area contributed by atoms with Gasteiger partial charge in [0.1, 0.15) is 11.4 Å². The Morgan fingerprint density at radius 3 is 2.31 bits per heavy atom. The standard InChI is InChI=1S/C20H29FN2O3/c1-19(2,3)26-18(25)22-13-10-17(24)23-14-20(11-4-5-12-20)15-6-8-16(21)9-7-15/h6-9H,4-5,10-14H2,1-3H3,(H,22,25)(H,23,24). The lowest BCUT2D eigenvalue weighted by molar-refractivity contribution is -0.121. The first kappa shape index (κ1) is 20.2. The average Bonchev–Trinajstić information content (AvgIpc) is 3.02. The number of ether oxygens (including phenoxy) is 1. The molecule has 1 aliphatic carbocycles. The molecule has 0 saturated heterocycles. The van der Waals surface area contributed by atoms with E-state index in [2.05, 4.69) is 10.6 Å². The van der Waals surface area contributed by atoms with Crippen molar-refractivity contribution in [2.45, 2.75) is 63.9 Å². The maximum Gasteiger partial charge on any atom is 0.407 e. The molecule has 0 aliphatic heterocycles. The number of hydrogen-bond acceptors (Lipinski definition) is 3. The largest absolute Gasteiger partial charge is 0.444 e. The Bertz CT molecular complexity index is 617. The Morgan fingerprint density at radius 2 is 1.73 bits per heavy atom. The number of carbonyl (C=O) groups is 2. The molecule has 1 aromatic carbocycles. The third-order valence-electron chi connectivity index (χ3n) is 4.66. The number of carbonyl (C=O) groups excluding carboxylic acids is 2. The van der Waals surface area contributed by atoms with Gasteiger partial charge in [-0.3, -0.25) is 4.79 Å². The molecule has 1 fully saturated rings. The Labute approximate surface area is 154 Å². The van der Waals surface area contributed by atoms with Gasteiger partial charge in [0.05, 0.1) is 0 Å². The van der Waals surface area contributed by atoms with Crippen LogP contribution in [0.2, 0.25) is 0 Å². The summed E-state index contributed by atoms with van der Waals surface area (Å²) in [6.45, 7) is 6.12. The number of amides is 2. The Hall–Kier alpha value is -2.11. The number of halogens is 1. The zero-order valence-corrected chi connectivity index (χ0v) is 15.9. The van der Waals surface area contributed by atoms with Crippen LogP contribution in [-0.2, 0) is 14.9 Å². The Kier molecular flexibility index (Phi) is 6.62. The van der Waals surface area contributed by atoms with E-state index in [1.807, 2.05) is 12.1 Å². The van der Waals surface area contributed by atoms with Gasteiger partial charge < -0.3 is 15.4 Å². The molecule has 1 aliphatic rings. The molecule has 6 heteroatoms. The van der Waals surface area contributed by atoms with Crippen molar-refractivity contribution < 1.29 is 18.7 Å². The maximum atomic E-state index is 13.2. The van der Waals surface area contributed by atoms with Gasteiger partial charge in [0.15, 0.2) is 0 Å². The van der Waals surface area contributed by atoms with E-state index in [4.69, 9.17) is 4.74 Å². The highest BCUT2D eigenvalue weighted by atomic mass is 19.1. The molecule has 0 spiro atoms. The number of hydrogen-bond donors (Lipinski definition) is 2. The van der Waals surface area contributed by atoms with Crippen LogP contribution in [0.5, 0.6) is 0 Å². The first-order valence-corrected chi connectivity index (χ1v) is 9.20. The lowest BCUT2D eigenvalue weighted by atomic mass is 9.79. The van der Waals surface area contributed by atoms with Gasteiger partial charge in [0.25, 0.3) is 0 Å². The predicted molar refractivity (Wildman–Crippen MR) is 98.4 cm³/mol. The smallest absolute Gasteiger partial charge is 0.407 e. The van der Waals surface area contributed by atoms with Crippen molar-refractivity contribution in [2.75, 3.05) is 13.1 Å². The normalized spacial score (nSPS) is 16.2. The summed E-state index contributed by atoms with van der Waals surface area (Å²) in [7, 11) is 0. The van der Waals surface area contributed by atoms with Crippen LogP contribution < -0.4 is 10.6 Å². The average molecular weight is 364 g/mol. The van der Waals surface area contributed by atoms with E-state index in [0.29, 0.717) is 6.54 Å². The zero-order valence-electron chi connectivity index (χ0n) is 15.9. The monoisotopic (exact) mass is 364 g/mol. The van der Waals surface area contributed by atoms with Crippen LogP contribution in [0.3, 0.4) is 0 Å². The second-order valence-electron chi connectivity index (χ2n) is 7.95. The Balaban J connectivity index is 1.81. The van der Waals surface area contributed by atoms with Crippen molar-refractivity contribution in [2.24, 2.45) is 0 Å². The van der Waals surface area contributed by atoms with Gasteiger partial charge in [-0.15, -0.1) is 0 Å². The van der Waals surface area contributed by atoms with Crippen molar-refractivity contribution in [1.29, 1.82) is 0 Å². The molecule has 0 radical (unpaired) electrons. The third kappa shape index (κ3) is 6.00. The van der Waals surface area contributed by atoms with Crippen molar-refractivity contribution >= 4 is 12.0 Å². The molecule has 26 heavy (non-hydrogen) atoms. The van der Waals surface area contributed by atoms with Gasteiger partial charge in [-0.25, -0.2) is 9.18 Å². The number of nitrogens with one attached hydrogen (secondary N) is 2. The van der Waals surface area contributed by atoms with Gasteiger partial charge in [0.2, 0.25) is 5.91 Å². The summed E-state index contributed by atoms with van der Waals surface area (Å²) in [5.74, 6) is -0.367. The SMILES string of the molecule is CC(C)(C)OC(=O)NCCC(=O)NCC1(c2ccc(F)cc2)CCCC1. The van der Waals surface area contributed by atoms with Crippen LogP contribution in [-0.4, -0.2) is 30.7 Å². The lowest BCUT2D eigenvalue weighted by Gasteiger charge is -2.30. The minimum Gasteiger partial charge on any atom is -0.444 e. The molecule has 144 valence electrons. The molecule has 1 saturated carbocycles. The van der Waals surface area contributed by atoms with Crippen LogP contribution >= 0.6 is 0 Å². The number of rotatable bonds is 6. The van der Waals surface area contributed by atoms with Crippen LogP contribution in [0.4, 0.5) is 9.18 Å². The Morgan fingerprint density at radius 1 is 1.12 bits per heavy atom. The van der Waals surface area contributed by atoms with Crippen molar-refractivity contribution in [1.82, 2.24) is 10.6 Å². The second-order valence-corrected chi connectivity index (χ2v) is 7.95. The molecule has 2 amide bonds. The molecule has 2 N–H and O–H groups in total. The third-order valence-corrected chi connectivity index (χ3v) is 4.66. The van der Waals surface area contributed by atoms with E-state index in [1.165, 1.54) is 12.1 Å². The second kappa shape index (κ2) is 8.52. The summed E-state index contributed by atoms with van der Waals surface area (Å²) in [5, 5.41) is 5.56. The molecule has 5 nitrogen and oxygen atoms in total.